The molecular formula is C12H11NO3S2. The molecular weight excluding hydrogens is 270 g/mol. The van der Waals surface area contributed by atoms with E-state index in [1.807, 2.05) is 0 Å². The van der Waals surface area contributed by atoms with Gasteiger partial charge in [0.1, 0.15) is 22.4 Å². The van der Waals surface area contributed by atoms with Crippen molar-refractivity contribution in [3.05, 3.63) is 41.2 Å². The number of thiocarbonyl (C=S) groups is 1. The quantitative estimate of drug-likeness (QED) is 0.521. The SMILES string of the molecule is C=CCN1C(=O)C(=Cc2ccc(CO)o2)SC1=S. The van der Waals surface area contributed by atoms with Gasteiger partial charge in [-0.1, -0.05) is 30.1 Å². The number of aliphatic hydroxyl groups excluding tert-OH is 1. The summed E-state index contributed by atoms with van der Waals surface area (Å²) in [5.41, 5.74) is 0. The van der Waals surface area contributed by atoms with Crippen LogP contribution >= 0.6 is 24.0 Å². The molecule has 1 fully saturated rings. The number of rotatable bonds is 4. The van der Waals surface area contributed by atoms with Crippen molar-refractivity contribution >= 4 is 40.3 Å². The van der Waals surface area contributed by atoms with Crippen LogP contribution in [0.25, 0.3) is 6.08 Å². The lowest BCUT2D eigenvalue weighted by atomic mass is 10.3. The summed E-state index contributed by atoms with van der Waals surface area (Å²) in [4.78, 5) is 14.0. The second kappa shape index (κ2) is 5.51. The predicted molar refractivity (Wildman–Crippen MR) is 74.7 cm³/mol. The van der Waals surface area contributed by atoms with Gasteiger partial charge in [0.05, 0.1) is 4.91 Å². The second-order valence-electron chi connectivity index (χ2n) is 3.54. The molecule has 1 aliphatic heterocycles. The average Bonchev–Trinajstić information content (AvgIpc) is 2.90. The molecule has 1 aromatic heterocycles. The number of thioether (sulfide) groups is 1. The number of hydrogen-bond donors (Lipinski definition) is 1. The van der Waals surface area contributed by atoms with Crippen LogP contribution in [0.15, 0.2) is 34.1 Å². The van der Waals surface area contributed by atoms with E-state index in [0.717, 1.165) is 0 Å². The summed E-state index contributed by atoms with van der Waals surface area (Å²) < 4.78 is 5.81. The largest absolute Gasteiger partial charge is 0.459 e. The maximum atomic E-state index is 12.0. The van der Waals surface area contributed by atoms with E-state index in [-0.39, 0.29) is 12.5 Å². The molecule has 2 rings (SSSR count). The molecule has 18 heavy (non-hydrogen) atoms. The zero-order chi connectivity index (χ0) is 13.1. The van der Waals surface area contributed by atoms with Crippen molar-refractivity contribution in [2.75, 3.05) is 6.54 Å². The average molecular weight is 281 g/mol. The molecule has 0 saturated carbocycles. The van der Waals surface area contributed by atoms with E-state index in [1.54, 1.807) is 24.3 Å². The van der Waals surface area contributed by atoms with Crippen molar-refractivity contribution in [1.82, 2.24) is 4.90 Å². The third kappa shape index (κ3) is 2.55. The van der Waals surface area contributed by atoms with Crippen molar-refractivity contribution in [2.24, 2.45) is 0 Å². The first-order valence-electron chi connectivity index (χ1n) is 5.21. The fraction of sp³-hybridized carbons (Fsp3) is 0.167. The Morgan fingerprint density at radius 3 is 2.94 bits per heavy atom. The summed E-state index contributed by atoms with van der Waals surface area (Å²) in [7, 11) is 0. The van der Waals surface area contributed by atoms with Crippen LogP contribution < -0.4 is 0 Å². The fourth-order valence-corrected chi connectivity index (χ4v) is 2.73. The lowest BCUT2D eigenvalue weighted by molar-refractivity contribution is -0.121. The third-order valence-corrected chi connectivity index (χ3v) is 3.67. The van der Waals surface area contributed by atoms with Crippen molar-refractivity contribution in [3.8, 4) is 0 Å². The van der Waals surface area contributed by atoms with Crippen LogP contribution in [0, 0.1) is 0 Å². The Balaban J connectivity index is 2.21. The molecule has 0 aliphatic carbocycles. The van der Waals surface area contributed by atoms with Gasteiger partial charge in [-0.05, 0) is 12.1 Å². The zero-order valence-corrected chi connectivity index (χ0v) is 11.1. The molecule has 94 valence electrons. The van der Waals surface area contributed by atoms with Gasteiger partial charge >= 0.3 is 0 Å². The number of carbonyl (C=O) groups is 1. The lowest BCUT2D eigenvalue weighted by Gasteiger charge is -2.10. The molecule has 1 amide bonds. The van der Waals surface area contributed by atoms with Crippen LogP contribution in [-0.2, 0) is 11.4 Å². The highest BCUT2D eigenvalue weighted by atomic mass is 32.2. The van der Waals surface area contributed by atoms with Gasteiger partial charge in [-0.25, -0.2) is 0 Å². The normalized spacial score (nSPS) is 17.8. The Kier molecular flexibility index (Phi) is 4.00. The van der Waals surface area contributed by atoms with Gasteiger partial charge in [0, 0.05) is 12.6 Å². The maximum absolute atomic E-state index is 12.0. The topological polar surface area (TPSA) is 53.7 Å². The van der Waals surface area contributed by atoms with Gasteiger partial charge in [0.2, 0.25) is 0 Å². The molecule has 0 bridgehead atoms. The van der Waals surface area contributed by atoms with Crippen LogP contribution in [0.1, 0.15) is 11.5 Å². The zero-order valence-electron chi connectivity index (χ0n) is 9.46. The first-order chi connectivity index (χ1) is 8.65. The molecule has 0 spiro atoms. The number of nitrogens with zero attached hydrogens (tertiary/aromatic N) is 1. The third-order valence-electron chi connectivity index (χ3n) is 2.30. The van der Waals surface area contributed by atoms with Gasteiger partial charge in [0.25, 0.3) is 5.91 Å². The Labute approximate surface area is 114 Å². The minimum Gasteiger partial charge on any atom is -0.459 e. The summed E-state index contributed by atoms with van der Waals surface area (Å²) in [6.45, 7) is 3.83. The van der Waals surface area contributed by atoms with Gasteiger partial charge in [-0.15, -0.1) is 6.58 Å². The smallest absolute Gasteiger partial charge is 0.266 e. The highest BCUT2D eigenvalue weighted by Crippen LogP contribution is 2.32. The van der Waals surface area contributed by atoms with Gasteiger partial charge in [-0.2, -0.15) is 0 Å². The molecule has 2 heterocycles. The molecule has 0 aromatic carbocycles. The van der Waals surface area contributed by atoms with E-state index in [0.29, 0.717) is 27.3 Å². The predicted octanol–water partition coefficient (Wildman–Crippen LogP) is 2.16. The fourth-order valence-electron chi connectivity index (χ4n) is 1.47. The second-order valence-corrected chi connectivity index (χ2v) is 5.22. The maximum Gasteiger partial charge on any atom is 0.266 e. The van der Waals surface area contributed by atoms with Gasteiger partial charge in [-0.3, -0.25) is 9.69 Å². The van der Waals surface area contributed by atoms with Crippen LogP contribution in [-0.4, -0.2) is 26.8 Å². The Morgan fingerprint density at radius 2 is 2.33 bits per heavy atom. The first-order valence-corrected chi connectivity index (χ1v) is 6.44. The number of hydrogen-bond acceptors (Lipinski definition) is 5. The Hall–Kier alpha value is -1.37. The van der Waals surface area contributed by atoms with E-state index in [4.69, 9.17) is 21.7 Å². The molecule has 4 nitrogen and oxygen atoms in total. The van der Waals surface area contributed by atoms with E-state index >= 15 is 0 Å². The van der Waals surface area contributed by atoms with Crippen LogP contribution in [0.4, 0.5) is 0 Å². The minimum absolute atomic E-state index is 0.146. The molecule has 1 aromatic rings. The van der Waals surface area contributed by atoms with E-state index in [1.165, 1.54) is 16.7 Å². The summed E-state index contributed by atoms with van der Waals surface area (Å²) >= 11 is 6.35. The van der Waals surface area contributed by atoms with Crippen LogP contribution in [0.3, 0.4) is 0 Å². The summed E-state index contributed by atoms with van der Waals surface area (Å²) in [6, 6.07) is 3.36. The summed E-state index contributed by atoms with van der Waals surface area (Å²) in [5.74, 6) is 0.841. The molecule has 0 radical (unpaired) electrons. The monoisotopic (exact) mass is 281 g/mol. The van der Waals surface area contributed by atoms with Crippen molar-refractivity contribution in [1.29, 1.82) is 0 Å². The molecule has 1 aliphatic rings. The molecule has 0 atom stereocenters. The van der Waals surface area contributed by atoms with Gasteiger partial charge < -0.3 is 9.52 Å². The summed E-state index contributed by atoms with van der Waals surface area (Å²) in [5, 5.41) is 8.89. The first kappa shape index (κ1) is 13.1. The molecule has 0 unspecified atom stereocenters. The summed E-state index contributed by atoms with van der Waals surface area (Å²) in [6.07, 6.45) is 3.26. The molecule has 1 N–H and O–H groups in total. The number of amides is 1. The van der Waals surface area contributed by atoms with Crippen molar-refractivity contribution in [3.63, 3.8) is 0 Å². The highest BCUT2D eigenvalue weighted by molar-refractivity contribution is 8.26. The Morgan fingerprint density at radius 1 is 1.56 bits per heavy atom. The highest BCUT2D eigenvalue weighted by Gasteiger charge is 2.31. The Bertz CT molecular complexity index is 533. The van der Waals surface area contributed by atoms with Crippen molar-refractivity contribution < 1.29 is 14.3 Å². The standard InChI is InChI=1S/C12H11NO3S2/c1-2-5-13-11(15)10(18-12(13)17)6-8-3-4-9(7-14)16-8/h2-4,6,14H,1,5,7H2. The lowest BCUT2D eigenvalue weighted by Crippen LogP contribution is -2.27. The molecule has 1 saturated heterocycles. The van der Waals surface area contributed by atoms with Crippen LogP contribution in [0.2, 0.25) is 0 Å². The number of carbonyl (C=O) groups excluding carboxylic acids is 1. The van der Waals surface area contributed by atoms with Gasteiger partial charge in [0.15, 0.2) is 0 Å². The van der Waals surface area contributed by atoms with E-state index < -0.39 is 0 Å². The minimum atomic E-state index is -0.161. The van der Waals surface area contributed by atoms with Crippen molar-refractivity contribution in [2.45, 2.75) is 6.61 Å². The number of furan rings is 1. The number of aliphatic hydroxyl groups is 1. The van der Waals surface area contributed by atoms with E-state index in [9.17, 15) is 4.79 Å². The van der Waals surface area contributed by atoms with Crippen LogP contribution in [0.5, 0.6) is 0 Å². The molecule has 6 heteroatoms. The van der Waals surface area contributed by atoms with E-state index in [2.05, 4.69) is 6.58 Å².